The minimum absolute atomic E-state index is 0.0709. The lowest BCUT2D eigenvalue weighted by Crippen LogP contribution is -2.45. The third-order valence-corrected chi connectivity index (χ3v) is 12.8. The van der Waals surface area contributed by atoms with Crippen molar-refractivity contribution in [2.45, 2.75) is 309 Å². The number of aliphatic hydroxyl groups excluding tert-OH is 2. The molecule has 0 aromatic carbocycles. The molecule has 0 aliphatic heterocycles. The summed E-state index contributed by atoms with van der Waals surface area (Å²) < 4.78 is 0. The van der Waals surface area contributed by atoms with E-state index in [0.717, 1.165) is 38.5 Å². The first kappa shape index (κ1) is 60.4. The van der Waals surface area contributed by atoms with E-state index in [4.69, 9.17) is 0 Å². The van der Waals surface area contributed by atoms with Gasteiger partial charge in [0.15, 0.2) is 0 Å². The van der Waals surface area contributed by atoms with Crippen molar-refractivity contribution in [3.05, 3.63) is 48.6 Å². The van der Waals surface area contributed by atoms with Crippen molar-refractivity contribution in [3.8, 4) is 0 Å². The van der Waals surface area contributed by atoms with Crippen LogP contribution in [0.5, 0.6) is 0 Å². The number of unbranched alkanes of at least 4 members (excludes halogenated alkanes) is 38. The van der Waals surface area contributed by atoms with Crippen LogP contribution in [0.2, 0.25) is 0 Å². The van der Waals surface area contributed by atoms with Crippen molar-refractivity contribution < 1.29 is 15.0 Å². The monoisotopic (exact) mass is 868 g/mol. The van der Waals surface area contributed by atoms with Crippen LogP contribution in [0.1, 0.15) is 296 Å². The lowest BCUT2D eigenvalue weighted by atomic mass is 10.0. The predicted octanol–water partition coefficient (Wildman–Crippen LogP) is 18.3. The number of allylic oxidation sites excluding steroid dienone is 7. The van der Waals surface area contributed by atoms with E-state index >= 15 is 0 Å². The molecule has 62 heavy (non-hydrogen) atoms. The molecule has 0 aromatic heterocycles. The predicted molar refractivity (Wildman–Crippen MR) is 276 cm³/mol. The van der Waals surface area contributed by atoms with Gasteiger partial charge in [-0.05, 0) is 64.2 Å². The fourth-order valence-electron chi connectivity index (χ4n) is 8.52. The molecule has 364 valence electrons. The Bertz CT molecular complexity index is 985. The SMILES string of the molecule is CCCCCCCCCCC/C=C\C/C=C\CCCCCCCCCCCCCCCCCCCC(=O)NC(CO)C(O)/C=C/CC/C=C/CCCCCCCCCCCCC. The number of aliphatic hydroxyl groups is 2. The zero-order valence-corrected chi connectivity index (χ0v) is 41.9. The van der Waals surface area contributed by atoms with Crippen LogP contribution in [0.15, 0.2) is 48.6 Å². The first-order valence-corrected chi connectivity index (χ1v) is 27.9. The average Bonchev–Trinajstić information content (AvgIpc) is 3.28. The summed E-state index contributed by atoms with van der Waals surface area (Å²) in [6, 6.07) is -0.639. The summed E-state index contributed by atoms with van der Waals surface area (Å²) in [5, 5.41) is 23.1. The minimum atomic E-state index is -0.862. The second kappa shape index (κ2) is 53.7. The summed E-state index contributed by atoms with van der Waals surface area (Å²) in [7, 11) is 0. The van der Waals surface area contributed by atoms with E-state index in [-0.39, 0.29) is 12.5 Å². The van der Waals surface area contributed by atoms with Gasteiger partial charge in [-0.1, -0.05) is 274 Å². The summed E-state index contributed by atoms with van der Waals surface area (Å²) in [6.07, 6.45) is 74.2. The highest BCUT2D eigenvalue weighted by molar-refractivity contribution is 5.76. The zero-order valence-electron chi connectivity index (χ0n) is 41.9. The molecule has 0 saturated heterocycles. The van der Waals surface area contributed by atoms with Crippen LogP contribution in [0, 0.1) is 0 Å². The normalized spacial score (nSPS) is 13.2. The second-order valence-corrected chi connectivity index (χ2v) is 19.0. The molecule has 0 fully saturated rings. The Balaban J connectivity index is 3.48. The van der Waals surface area contributed by atoms with Crippen LogP contribution in [0.4, 0.5) is 0 Å². The largest absolute Gasteiger partial charge is 0.394 e. The Morgan fingerprint density at radius 2 is 0.677 bits per heavy atom. The van der Waals surface area contributed by atoms with E-state index in [1.165, 1.54) is 238 Å². The maximum atomic E-state index is 12.5. The number of carbonyl (C=O) groups is 1. The first-order valence-electron chi connectivity index (χ1n) is 27.9. The molecule has 0 rings (SSSR count). The highest BCUT2D eigenvalue weighted by Crippen LogP contribution is 2.16. The van der Waals surface area contributed by atoms with Crippen LogP contribution in [-0.4, -0.2) is 34.9 Å². The van der Waals surface area contributed by atoms with Crippen LogP contribution in [-0.2, 0) is 4.79 Å². The fraction of sp³-hybridized carbons (Fsp3) is 0.845. The topological polar surface area (TPSA) is 69.6 Å². The number of carbonyl (C=O) groups excluding carboxylic acids is 1. The molecule has 4 nitrogen and oxygen atoms in total. The van der Waals surface area contributed by atoms with Gasteiger partial charge in [-0.25, -0.2) is 0 Å². The Morgan fingerprint density at radius 1 is 0.387 bits per heavy atom. The molecular formula is C58H109NO3. The average molecular weight is 869 g/mol. The highest BCUT2D eigenvalue weighted by Gasteiger charge is 2.18. The fourth-order valence-corrected chi connectivity index (χ4v) is 8.52. The molecule has 0 radical (unpaired) electrons. The van der Waals surface area contributed by atoms with Gasteiger partial charge >= 0.3 is 0 Å². The molecule has 2 unspecified atom stereocenters. The maximum Gasteiger partial charge on any atom is 0.220 e. The van der Waals surface area contributed by atoms with Gasteiger partial charge in [0.2, 0.25) is 5.91 Å². The van der Waals surface area contributed by atoms with Crippen LogP contribution in [0.3, 0.4) is 0 Å². The quantitative estimate of drug-likeness (QED) is 0.0421. The van der Waals surface area contributed by atoms with Crippen LogP contribution in [0.25, 0.3) is 0 Å². The molecule has 2 atom stereocenters. The van der Waals surface area contributed by atoms with E-state index in [2.05, 4.69) is 55.6 Å². The first-order chi connectivity index (χ1) is 30.7. The molecule has 0 spiro atoms. The molecule has 0 aliphatic carbocycles. The summed E-state index contributed by atoms with van der Waals surface area (Å²) >= 11 is 0. The van der Waals surface area contributed by atoms with E-state index < -0.39 is 12.1 Å². The molecule has 0 heterocycles. The van der Waals surface area contributed by atoms with E-state index in [9.17, 15) is 15.0 Å². The third kappa shape index (κ3) is 49.4. The van der Waals surface area contributed by atoms with Gasteiger partial charge in [0.05, 0.1) is 18.8 Å². The summed E-state index contributed by atoms with van der Waals surface area (Å²) in [5.41, 5.74) is 0. The Kier molecular flexibility index (Phi) is 52.3. The van der Waals surface area contributed by atoms with Gasteiger partial charge in [-0.15, -0.1) is 0 Å². The van der Waals surface area contributed by atoms with Crippen molar-refractivity contribution in [3.63, 3.8) is 0 Å². The van der Waals surface area contributed by atoms with Crippen molar-refractivity contribution in [1.82, 2.24) is 5.32 Å². The minimum Gasteiger partial charge on any atom is -0.394 e. The van der Waals surface area contributed by atoms with Gasteiger partial charge in [-0.2, -0.15) is 0 Å². The molecule has 3 N–H and O–H groups in total. The van der Waals surface area contributed by atoms with Crippen molar-refractivity contribution >= 4 is 5.91 Å². The van der Waals surface area contributed by atoms with E-state index in [1.54, 1.807) is 6.08 Å². The number of hydrogen-bond donors (Lipinski definition) is 3. The standard InChI is InChI=1S/C58H109NO3/c1-3-5-7-9-11-13-15-17-19-21-22-23-24-25-26-27-28-29-30-31-32-33-34-35-36-38-40-42-44-46-48-50-52-54-58(62)59-56(55-60)57(61)53-51-49-47-45-43-41-39-37-20-18-16-14-12-10-8-6-4-2/h22-23,25-26,43,45,51,53,56-57,60-61H,3-21,24,27-42,44,46-50,52,54-55H2,1-2H3,(H,59,62)/b23-22-,26-25-,45-43+,53-51+. The zero-order chi connectivity index (χ0) is 44.9. The highest BCUT2D eigenvalue weighted by atomic mass is 16.3. The molecule has 0 saturated carbocycles. The van der Waals surface area contributed by atoms with Crippen molar-refractivity contribution in [2.24, 2.45) is 0 Å². The number of rotatable bonds is 51. The number of nitrogens with one attached hydrogen (secondary N) is 1. The van der Waals surface area contributed by atoms with Gasteiger partial charge in [-0.3, -0.25) is 4.79 Å². The number of amides is 1. The van der Waals surface area contributed by atoms with E-state index in [0.29, 0.717) is 6.42 Å². The lowest BCUT2D eigenvalue weighted by Gasteiger charge is -2.19. The maximum absolute atomic E-state index is 12.5. The van der Waals surface area contributed by atoms with Crippen LogP contribution < -0.4 is 5.32 Å². The van der Waals surface area contributed by atoms with E-state index in [1.807, 2.05) is 6.08 Å². The Labute approximate surface area is 388 Å². The smallest absolute Gasteiger partial charge is 0.220 e. The molecule has 1 amide bonds. The molecular weight excluding hydrogens is 759 g/mol. The number of hydrogen-bond acceptors (Lipinski definition) is 3. The van der Waals surface area contributed by atoms with Crippen molar-refractivity contribution in [2.75, 3.05) is 6.61 Å². The summed E-state index contributed by atoms with van der Waals surface area (Å²) in [4.78, 5) is 12.5. The Hall–Kier alpha value is -1.65. The Morgan fingerprint density at radius 3 is 1.03 bits per heavy atom. The van der Waals surface area contributed by atoms with Gasteiger partial charge in [0.25, 0.3) is 0 Å². The van der Waals surface area contributed by atoms with Gasteiger partial charge in [0.1, 0.15) is 0 Å². The molecule has 0 aromatic rings. The molecule has 0 aliphatic rings. The van der Waals surface area contributed by atoms with Crippen molar-refractivity contribution in [1.29, 1.82) is 0 Å². The van der Waals surface area contributed by atoms with Gasteiger partial charge < -0.3 is 15.5 Å². The second-order valence-electron chi connectivity index (χ2n) is 19.0. The summed E-state index contributed by atoms with van der Waals surface area (Å²) in [5.74, 6) is -0.0709. The molecule has 0 bridgehead atoms. The van der Waals surface area contributed by atoms with Gasteiger partial charge in [0, 0.05) is 6.42 Å². The third-order valence-electron chi connectivity index (χ3n) is 12.8. The molecule has 4 heteroatoms. The lowest BCUT2D eigenvalue weighted by molar-refractivity contribution is -0.123. The summed E-state index contributed by atoms with van der Waals surface area (Å²) in [6.45, 7) is 4.32. The van der Waals surface area contributed by atoms with Crippen LogP contribution >= 0.6 is 0 Å².